The SMILES string of the molecule is Cc1ccc(N(c2ccc(-c3c4ccccc4c(-c4ccc(N(c5ccc(C)cc5)c5cccc6ccccc56)cc4)c4ccccc34)cc2)c2cccc3ccccc23)cc1. The molecule has 0 aliphatic heterocycles. The Kier molecular flexibility index (Phi) is 9.32. The molecular weight excluding hydrogens is 749 g/mol. The largest absolute Gasteiger partial charge is 0.310 e. The third-order valence-corrected chi connectivity index (χ3v) is 12.4. The number of hydrogen-bond donors (Lipinski definition) is 0. The fourth-order valence-corrected chi connectivity index (χ4v) is 9.35. The van der Waals surface area contributed by atoms with Crippen molar-refractivity contribution in [3.05, 3.63) is 242 Å². The van der Waals surface area contributed by atoms with E-state index in [9.17, 15) is 0 Å². The van der Waals surface area contributed by atoms with Crippen LogP contribution in [0.5, 0.6) is 0 Å². The van der Waals surface area contributed by atoms with E-state index in [-0.39, 0.29) is 0 Å². The smallest absolute Gasteiger partial charge is 0.0540 e. The van der Waals surface area contributed by atoms with Crippen molar-refractivity contribution in [3.8, 4) is 22.3 Å². The van der Waals surface area contributed by atoms with Crippen molar-refractivity contribution in [1.29, 1.82) is 0 Å². The van der Waals surface area contributed by atoms with Crippen molar-refractivity contribution in [1.82, 2.24) is 0 Å². The second-order valence-electron chi connectivity index (χ2n) is 16.3. The maximum atomic E-state index is 2.38. The summed E-state index contributed by atoms with van der Waals surface area (Å²) in [6, 6.07) is 84.3. The second kappa shape index (κ2) is 15.6. The van der Waals surface area contributed by atoms with E-state index in [4.69, 9.17) is 0 Å². The first kappa shape index (κ1) is 37.1. The van der Waals surface area contributed by atoms with Gasteiger partial charge in [-0.1, -0.05) is 181 Å². The molecule has 2 heteroatoms. The summed E-state index contributed by atoms with van der Waals surface area (Å²) in [6.45, 7) is 4.28. The molecule has 294 valence electrons. The average Bonchev–Trinajstić information content (AvgIpc) is 3.33. The standard InChI is InChI=1S/C60H44N2/c1-41-25-33-47(34-26-41)61(57-23-11-15-43-13-3-5-17-51(43)57)49-37-29-45(30-38-49)59-53-19-7-9-21-55(53)60(56-22-10-8-20-54(56)59)46-31-39-50(40-32-46)62(48-35-27-42(2)28-36-48)58-24-12-16-44-14-4-6-18-52(44)58/h3-40H,1-2H3. The molecule has 0 aliphatic carbocycles. The van der Waals surface area contributed by atoms with Crippen LogP contribution >= 0.6 is 0 Å². The minimum absolute atomic E-state index is 1.11. The van der Waals surface area contributed by atoms with Crippen molar-refractivity contribution >= 4 is 77.2 Å². The van der Waals surface area contributed by atoms with Crippen LogP contribution in [-0.2, 0) is 0 Å². The fourth-order valence-electron chi connectivity index (χ4n) is 9.35. The highest BCUT2D eigenvalue weighted by Gasteiger charge is 2.20. The van der Waals surface area contributed by atoms with Gasteiger partial charge in [0.2, 0.25) is 0 Å². The van der Waals surface area contributed by atoms with E-state index in [0.717, 1.165) is 34.1 Å². The van der Waals surface area contributed by atoms with Crippen LogP contribution in [0.15, 0.2) is 231 Å². The zero-order valence-electron chi connectivity index (χ0n) is 34.8. The van der Waals surface area contributed by atoms with E-state index < -0.39 is 0 Å². The molecule has 0 amide bonds. The minimum atomic E-state index is 1.11. The first-order valence-electron chi connectivity index (χ1n) is 21.4. The Balaban J connectivity index is 1.03. The van der Waals surface area contributed by atoms with E-state index in [1.165, 1.54) is 76.5 Å². The van der Waals surface area contributed by atoms with Crippen LogP contribution in [0, 0.1) is 13.8 Å². The summed E-state index contributed by atoms with van der Waals surface area (Å²) < 4.78 is 0. The summed E-state index contributed by atoms with van der Waals surface area (Å²) in [6.07, 6.45) is 0. The number of fused-ring (bicyclic) bond motifs is 4. The topological polar surface area (TPSA) is 6.48 Å². The Bertz CT molecular complexity index is 3100. The van der Waals surface area contributed by atoms with Gasteiger partial charge in [-0.25, -0.2) is 0 Å². The molecule has 2 nitrogen and oxygen atoms in total. The zero-order chi connectivity index (χ0) is 41.6. The van der Waals surface area contributed by atoms with Crippen LogP contribution in [-0.4, -0.2) is 0 Å². The van der Waals surface area contributed by atoms with E-state index in [1.807, 2.05) is 0 Å². The van der Waals surface area contributed by atoms with Gasteiger partial charge in [-0.15, -0.1) is 0 Å². The van der Waals surface area contributed by atoms with Crippen molar-refractivity contribution in [2.24, 2.45) is 0 Å². The molecular formula is C60H44N2. The summed E-state index contributed by atoms with van der Waals surface area (Å²) >= 11 is 0. The lowest BCUT2D eigenvalue weighted by Crippen LogP contribution is -2.10. The van der Waals surface area contributed by atoms with Gasteiger partial charge in [0, 0.05) is 33.5 Å². The Hall–Kier alpha value is -7.94. The lowest BCUT2D eigenvalue weighted by molar-refractivity contribution is 1.29. The Morgan fingerprint density at radius 1 is 0.242 bits per heavy atom. The second-order valence-corrected chi connectivity index (χ2v) is 16.3. The number of benzene rings is 11. The predicted molar refractivity (Wildman–Crippen MR) is 266 cm³/mol. The molecule has 0 saturated carbocycles. The van der Waals surface area contributed by atoms with E-state index >= 15 is 0 Å². The maximum Gasteiger partial charge on any atom is 0.0540 e. The van der Waals surface area contributed by atoms with Gasteiger partial charge in [-0.05, 0) is 129 Å². The van der Waals surface area contributed by atoms with Crippen LogP contribution in [0.1, 0.15) is 11.1 Å². The summed E-state index contributed by atoms with van der Waals surface area (Å²) in [5.41, 5.74) is 14.2. The molecule has 0 aliphatic rings. The summed E-state index contributed by atoms with van der Waals surface area (Å²) in [5.74, 6) is 0. The van der Waals surface area contributed by atoms with Crippen molar-refractivity contribution in [3.63, 3.8) is 0 Å². The highest BCUT2D eigenvalue weighted by atomic mass is 15.1. The molecule has 0 fully saturated rings. The van der Waals surface area contributed by atoms with E-state index in [1.54, 1.807) is 0 Å². The monoisotopic (exact) mass is 792 g/mol. The van der Waals surface area contributed by atoms with Crippen LogP contribution in [0.2, 0.25) is 0 Å². The van der Waals surface area contributed by atoms with Crippen LogP contribution in [0.4, 0.5) is 34.1 Å². The van der Waals surface area contributed by atoms with Crippen molar-refractivity contribution in [2.45, 2.75) is 13.8 Å². The molecule has 11 aromatic rings. The van der Waals surface area contributed by atoms with Crippen LogP contribution in [0.3, 0.4) is 0 Å². The van der Waals surface area contributed by atoms with Gasteiger partial charge in [0.05, 0.1) is 11.4 Å². The number of hydrogen-bond acceptors (Lipinski definition) is 2. The van der Waals surface area contributed by atoms with Gasteiger partial charge in [-0.3, -0.25) is 0 Å². The molecule has 0 heterocycles. The average molecular weight is 793 g/mol. The first-order valence-corrected chi connectivity index (χ1v) is 21.4. The normalized spacial score (nSPS) is 11.4. The Morgan fingerprint density at radius 2 is 0.516 bits per heavy atom. The van der Waals surface area contributed by atoms with Crippen LogP contribution < -0.4 is 9.80 Å². The van der Waals surface area contributed by atoms with Gasteiger partial charge in [0.25, 0.3) is 0 Å². The minimum Gasteiger partial charge on any atom is -0.310 e. The number of aryl methyl sites for hydroxylation is 2. The molecule has 62 heavy (non-hydrogen) atoms. The van der Waals surface area contributed by atoms with Gasteiger partial charge >= 0.3 is 0 Å². The predicted octanol–water partition coefficient (Wildman–Crippen LogP) is 17.2. The van der Waals surface area contributed by atoms with E-state index in [0.29, 0.717) is 0 Å². The number of nitrogens with zero attached hydrogens (tertiary/aromatic N) is 2. The molecule has 0 atom stereocenters. The molecule has 0 aromatic heterocycles. The zero-order valence-corrected chi connectivity index (χ0v) is 34.8. The lowest BCUT2D eigenvalue weighted by Gasteiger charge is -2.27. The third kappa shape index (κ3) is 6.54. The van der Waals surface area contributed by atoms with Crippen molar-refractivity contribution < 1.29 is 0 Å². The molecule has 11 rings (SSSR count). The van der Waals surface area contributed by atoms with E-state index in [2.05, 4.69) is 254 Å². The summed E-state index contributed by atoms with van der Waals surface area (Å²) in [5, 5.41) is 9.83. The third-order valence-electron chi connectivity index (χ3n) is 12.4. The molecule has 0 bridgehead atoms. The lowest BCUT2D eigenvalue weighted by atomic mass is 9.86. The number of rotatable bonds is 8. The molecule has 11 aromatic carbocycles. The molecule has 0 unspecified atom stereocenters. The maximum absolute atomic E-state index is 2.38. The Morgan fingerprint density at radius 3 is 0.855 bits per heavy atom. The highest BCUT2D eigenvalue weighted by molar-refractivity contribution is 6.21. The summed E-state index contributed by atoms with van der Waals surface area (Å²) in [4.78, 5) is 4.77. The summed E-state index contributed by atoms with van der Waals surface area (Å²) in [7, 11) is 0. The Labute approximate surface area is 363 Å². The van der Waals surface area contributed by atoms with Crippen LogP contribution in [0.25, 0.3) is 65.3 Å². The molecule has 0 spiro atoms. The number of anilines is 6. The fraction of sp³-hybridized carbons (Fsp3) is 0.0333. The molecule has 0 radical (unpaired) electrons. The van der Waals surface area contributed by atoms with Gasteiger partial charge < -0.3 is 9.80 Å². The van der Waals surface area contributed by atoms with Gasteiger partial charge in [-0.2, -0.15) is 0 Å². The van der Waals surface area contributed by atoms with Gasteiger partial charge in [0.15, 0.2) is 0 Å². The first-order chi connectivity index (χ1) is 30.6. The molecule has 0 N–H and O–H groups in total. The van der Waals surface area contributed by atoms with Crippen molar-refractivity contribution in [2.75, 3.05) is 9.80 Å². The van der Waals surface area contributed by atoms with Gasteiger partial charge in [0.1, 0.15) is 0 Å². The highest BCUT2D eigenvalue weighted by Crippen LogP contribution is 2.46. The molecule has 0 saturated heterocycles. The quantitative estimate of drug-likeness (QED) is 0.141.